The SMILES string of the molecule is Cc1nc2cc(-c3cccc(F)c3)nn2c(C)c1CCC(=O)Nc1ccc(S(=O)(=O)N2CCCCCC2)cc1. The summed E-state index contributed by atoms with van der Waals surface area (Å²) in [5.74, 6) is -0.510. The van der Waals surface area contributed by atoms with Crippen molar-refractivity contribution in [2.75, 3.05) is 18.4 Å². The van der Waals surface area contributed by atoms with E-state index in [0.29, 0.717) is 42.1 Å². The molecule has 0 saturated carbocycles. The van der Waals surface area contributed by atoms with Crippen LogP contribution in [-0.2, 0) is 21.2 Å². The van der Waals surface area contributed by atoms with E-state index in [-0.39, 0.29) is 23.0 Å². The van der Waals surface area contributed by atoms with E-state index >= 15 is 0 Å². The van der Waals surface area contributed by atoms with Crippen LogP contribution >= 0.6 is 0 Å². The van der Waals surface area contributed by atoms with Crippen LogP contribution in [0, 0.1) is 19.7 Å². The van der Waals surface area contributed by atoms with E-state index in [0.717, 1.165) is 42.6 Å². The molecule has 5 rings (SSSR count). The third-order valence-electron chi connectivity index (χ3n) is 7.23. The summed E-state index contributed by atoms with van der Waals surface area (Å²) in [4.78, 5) is 17.6. The number of aromatic nitrogens is 3. The van der Waals surface area contributed by atoms with E-state index in [4.69, 9.17) is 0 Å². The molecule has 1 aliphatic rings. The van der Waals surface area contributed by atoms with Gasteiger partial charge in [-0.15, -0.1) is 0 Å². The Kier molecular flexibility index (Phi) is 7.76. The second-order valence-electron chi connectivity index (χ2n) is 9.96. The van der Waals surface area contributed by atoms with E-state index < -0.39 is 10.0 Å². The zero-order valence-corrected chi connectivity index (χ0v) is 23.0. The minimum atomic E-state index is -3.54. The number of nitrogens with one attached hydrogen (secondary N) is 1. The van der Waals surface area contributed by atoms with E-state index in [9.17, 15) is 17.6 Å². The lowest BCUT2D eigenvalue weighted by atomic mass is 10.1. The fourth-order valence-electron chi connectivity index (χ4n) is 5.08. The van der Waals surface area contributed by atoms with E-state index in [1.54, 1.807) is 45.2 Å². The predicted molar refractivity (Wildman–Crippen MR) is 148 cm³/mol. The standard InChI is InChI=1S/C29H32FN5O3S/c1-20-26(21(2)35-28(31-20)19-27(33-35)22-8-7-9-23(30)18-22)14-15-29(36)32-24-10-12-25(13-11-24)39(37,38)34-16-5-3-4-6-17-34/h7-13,18-19H,3-6,14-17H2,1-2H3,(H,32,36). The Balaban J connectivity index is 1.25. The number of anilines is 1. The van der Waals surface area contributed by atoms with Gasteiger partial charge < -0.3 is 5.32 Å². The molecule has 204 valence electrons. The highest BCUT2D eigenvalue weighted by Gasteiger charge is 2.25. The zero-order chi connectivity index (χ0) is 27.6. The maximum absolute atomic E-state index is 13.7. The Morgan fingerprint density at radius 1 is 1.00 bits per heavy atom. The Morgan fingerprint density at radius 3 is 2.41 bits per heavy atom. The molecule has 0 spiro atoms. The van der Waals surface area contributed by atoms with Crippen LogP contribution in [0.4, 0.5) is 10.1 Å². The lowest BCUT2D eigenvalue weighted by molar-refractivity contribution is -0.116. The zero-order valence-electron chi connectivity index (χ0n) is 22.2. The average molecular weight is 550 g/mol. The van der Waals surface area contributed by atoms with Crippen molar-refractivity contribution in [1.82, 2.24) is 18.9 Å². The van der Waals surface area contributed by atoms with Crippen LogP contribution in [0.2, 0.25) is 0 Å². The number of sulfonamides is 1. The Labute approximate surface area is 227 Å². The predicted octanol–water partition coefficient (Wildman–Crippen LogP) is 5.29. The fraction of sp³-hybridized carbons (Fsp3) is 0.345. The molecule has 8 nitrogen and oxygen atoms in total. The highest BCUT2D eigenvalue weighted by molar-refractivity contribution is 7.89. The topological polar surface area (TPSA) is 96.7 Å². The van der Waals surface area contributed by atoms with Crippen molar-refractivity contribution in [2.45, 2.75) is 57.3 Å². The van der Waals surface area contributed by atoms with Crippen LogP contribution in [0.3, 0.4) is 0 Å². The van der Waals surface area contributed by atoms with Crippen molar-refractivity contribution in [1.29, 1.82) is 0 Å². The number of amides is 1. The van der Waals surface area contributed by atoms with Crippen molar-refractivity contribution < 1.29 is 17.6 Å². The van der Waals surface area contributed by atoms with Crippen LogP contribution in [0.5, 0.6) is 0 Å². The molecule has 39 heavy (non-hydrogen) atoms. The fourth-order valence-corrected chi connectivity index (χ4v) is 6.60. The molecular formula is C29H32FN5O3S. The minimum Gasteiger partial charge on any atom is -0.326 e. The number of halogens is 1. The van der Waals surface area contributed by atoms with Gasteiger partial charge in [0, 0.05) is 48.2 Å². The molecule has 4 aromatic rings. The summed E-state index contributed by atoms with van der Waals surface area (Å²) in [7, 11) is -3.54. The van der Waals surface area contributed by atoms with Crippen molar-refractivity contribution in [3.8, 4) is 11.3 Å². The van der Waals surface area contributed by atoms with Crippen molar-refractivity contribution in [3.05, 3.63) is 77.4 Å². The molecule has 0 radical (unpaired) electrons. The maximum atomic E-state index is 13.7. The van der Waals surface area contributed by atoms with E-state index in [1.807, 2.05) is 19.9 Å². The Hall–Kier alpha value is -3.63. The largest absolute Gasteiger partial charge is 0.326 e. The van der Waals surface area contributed by atoms with Crippen LogP contribution in [0.1, 0.15) is 49.1 Å². The van der Waals surface area contributed by atoms with Crippen LogP contribution < -0.4 is 5.32 Å². The molecule has 10 heteroatoms. The van der Waals surface area contributed by atoms with Gasteiger partial charge in [-0.25, -0.2) is 22.3 Å². The number of benzene rings is 2. The van der Waals surface area contributed by atoms with Crippen molar-refractivity contribution in [2.24, 2.45) is 0 Å². The van der Waals surface area contributed by atoms with E-state index in [2.05, 4.69) is 15.4 Å². The summed E-state index contributed by atoms with van der Waals surface area (Å²) >= 11 is 0. The maximum Gasteiger partial charge on any atom is 0.243 e. The first-order valence-electron chi connectivity index (χ1n) is 13.2. The summed E-state index contributed by atoms with van der Waals surface area (Å²) in [6.45, 7) is 4.93. The number of hydrogen-bond donors (Lipinski definition) is 1. The Morgan fingerprint density at radius 2 is 1.72 bits per heavy atom. The quantitative estimate of drug-likeness (QED) is 0.338. The summed E-state index contributed by atoms with van der Waals surface area (Å²) in [5.41, 5.74) is 5.10. The van der Waals surface area contributed by atoms with Gasteiger partial charge in [0.15, 0.2) is 5.65 Å². The first-order valence-corrected chi connectivity index (χ1v) is 14.7. The monoisotopic (exact) mass is 549 g/mol. The summed E-state index contributed by atoms with van der Waals surface area (Å²) in [6.07, 6.45) is 4.55. The molecule has 2 aromatic carbocycles. The van der Waals surface area contributed by atoms with E-state index in [1.165, 1.54) is 12.1 Å². The first kappa shape index (κ1) is 27.0. The number of hydrogen-bond acceptors (Lipinski definition) is 5. The lowest BCUT2D eigenvalue weighted by Crippen LogP contribution is -2.31. The summed E-state index contributed by atoms with van der Waals surface area (Å²) in [6, 6.07) is 14.5. The molecule has 2 aromatic heterocycles. The molecule has 0 atom stereocenters. The highest BCUT2D eigenvalue weighted by atomic mass is 32.2. The highest BCUT2D eigenvalue weighted by Crippen LogP contribution is 2.24. The number of carbonyl (C=O) groups excluding carboxylic acids is 1. The lowest BCUT2D eigenvalue weighted by Gasteiger charge is -2.20. The van der Waals surface area contributed by atoms with Crippen LogP contribution in [0.25, 0.3) is 16.9 Å². The van der Waals surface area contributed by atoms with Gasteiger partial charge in [0.05, 0.1) is 10.6 Å². The third kappa shape index (κ3) is 5.86. The first-order chi connectivity index (χ1) is 18.7. The molecule has 1 saturated heterocycles. The van der Waals surface area contributed by atoms with Gasteiger partial charge in [-0.1, -0.05) is 25.0 Å². The smallest absolute Gasteiger partial charge is 0.243 e. The molecule has 1 N–H and O–H groups in total. The number of fused-ring (bicyclic) bond motifs is 1. The molecule has 1 aliphatic heterocycles. The number of aryl methyl sites for hydroxylation is 2. The van der Waals surface area contributed by atoms with Gasteiger partial charge in [-0.3, -0.25) is 4.79 Å². The molecule has 0 unspecified atom stereocenters. The van der Waals surface area contributed by atoms with Gasteiger partial charge in [0.25, 0.3) is 0 Å². The van der Waals surface area contributed by atoms with Gasteiger partial charge >= 0.3 is 0 Å². The minimum absolute atomic E-state index is 0.182. The second-order valence-corrected chi connectivity index (χ2v) is 11.9. The molecule has 0 aliphatic carbocycles. The van der Waals surface area contributed by atoms with Gasteiger partial charge in [-0.05, 0) is 75.1 Å². The number of nitrogens with zero attached hydrogens (tertiary/aromatic N) is 4. The number of carbonyl (C=O) groups is 1. The van der Waals surface area contributed by atoms with Crippen molar-refractivity contribution >= 4 is 27.3 Å². The third-order valence-corrected chi connectivity index (χ3v) is 9.14. The molecule has 0 bridgehead atoms. The van der Waals surface area contributed by atoms with Gasteiger partial charge in [0.2, 0.25) is 15.9 Å². The summed E-state index contributed by atoms with van der Waals surface area (Å²) in [5, 5.41) is 7.48. The Bertz CT molecular complexity index is 1610. The molecule has 1 fully saturated rings. The average Bonchev–Trinajstić information content (AvgIpc) is 3.13. The summed E-state index contributed by atoms with van der Waals surface area (Å²) < 4.78 is 43.0. The van der Waals surface area contributed by atoms with Crippen molar-refractivity contribution in [3.63, 3.8) is 0 Å². The van der Waals surface area contributed by atoms with Crippen LogP contribution in [-0.4, -0.2) is 46.3 Å². The second kappa shape index (κ2) is 11.2. The van der Waals surface area contributed by atoms with Crippen LogP contribution in [0.15, 0.2) is 59.5 Å². The number of rotatable bonds is 7. The molecule has 1 amide bonds. The normalized spacial score (nSPS) is 14.8. The van der Waals surface area contributed by atoms with Gasteiger partial charge in [0.1, 0.15) is 5.82 Å². The molecule has 3 heterocycles. The van der Waals surface area contributed by atoms with Gasteiger partial charge in [-0.2, -0.15) is 9.40 Å². The molecular weight excluding hydrogens is 517 g/mol.